The third-order valence-electron chi connectivity index (χ3n) is 5.46. The maximum Gasteiger partial charge on any atom is 0.257 e. The first-order valence-corrected chi connectivity index (χ1v) is 11.8. The Morgan fingerprint density at radius 3 is 2.31 bits per heavy atom. The summed E-state index contributed by atoms with van der Waals surface area (Å²) in [5, 5.41) is 0. The van der Waals surface area contributed by atoms with Gasteiger partial charge in [-0.25, -0.2) is 12.8 Å². The second kappa shape index (κ2) is 10.00. The van der Waals surface area contributed by atoms with Crippen molar-refractivity contribution in [2.75, 3.05) is 39.8 Å². The molecule has 1 aromatic carbocycles. The van der Waals surface area contributed by atoms with Crippen molar-refractivity contribution in [1.82, 2.24) is 14.1 Å². The molecule has 0 aliphatic carbocycles. The van der Waals surface area contributed by atoms with Crippen LogP contribution in [0.3, 0.4) is 0 Å². The number of carbonyl (C=O) groups excluding carboxylic acids is 1. The van der Waals surface area contributed by atoms with E-state index < -0.39 is 21.7 Å². The van der Waals surface area contributed by atoms with Crippen molar-refractivity contribution in [3.8, 4) is 0 Å². The SMILES string of the molecule is CCN(CC)S(=O)(=O)c1ccc(F)c(C(=O)N(CC(C)C)C2CCN(C)CC2)c1. The number of nitrogens with zero attached hydrogens (tertiary/aromatic N) is 3. The minimum atomic E-state index is -3.77. The van der Waals surface area contributed by atoms with Crippen molar-refractivity contribution in [2.24, 2.45) is 5.92 Å². The van der Waals surface area contributed by atoms with Crippen LogP contribution in [0.1, 0.15) is 50.9 Å². The summed E-state index contributed by atoms with van der Waals surface area (Å²) in [5.41, 5.74) is -0.169. The van der Waals surface area contributed by atoms with Gasteiger partial charge in [0.2, 0.25) is 10.0 Å². The van der Waals surface area contributed by atoms with E-state index in [0.717, 1.165) is 32.0 Å². The Hall–Kier alpha value is -1.51. The largest absolute Gasteiger partial charge is 0.335 e. The molecule has 8 heteroatoms. The van der Waals surface area contributed by atoms with Gasteiger partial charge in [0, 0.05) is 25.7 Å². The van der Waals surface area contributed by atoms with Crippen molar-refractivity contribution in [1.29, 1.82) is 0 Å². The topological polar surface area (TPSA) is 60.9 Å². The molecular formula is C21H34FN3O3S. The Morgan fingerprint density at radius 2 is 1.79 bits per heavy atom. The van der Waals surface area contributed by atoms with Crippen LogP contribution in [-0.4, -0.2) is 74.2 Å². The second-order valence-electron chi connectivity index (χ2n) is 8.12. The minimum Gasteiger partial charge on any atom is -0.335 e. The molecule has 0 spiro atoms. The van der Waals surface area contributed by atoms with E-state index >= 15 is 0 Å². The van der Waals surface area contributed by atoms with Crippen LogP contribution in [-0.2, 0) is 10.0 Å². The number of hydrogen-bond acceptors (Lipinski definition) is 4. The van der Waals surface area contributed by atoms with Gasteiger partial charge in [0.15, 0.2) is 0 Å². The standard InChI is InChI=1S/C21H34FN3O3S/c1-6-24(7-2)29(27,28)18-8-9-20(22)19(14-18)21(26)25(15-16(3)4)17-10-12-23(5)13-11-17/h8-9,14,16-17H,6-7,10-13,15H2,1-5H3. The van der Waals surface area contributed by atoms with E-state index in [4.69, 9.17) is 0 Å². The summed E-state index contributed by atoms with van der Waals surface area (Å²) in [6.45, 7) is 10.4. The van der Waals surface area contributed by atoms with E-state index in [-0.39, 0.29) is 22.4 Å². The molecule has 29 heavy (non-hydrogen) atoms. The molecule has 1 saturated heterocycles. The lowest BCUT2D eigenvalue weighted by Crippen LogP contribution is -2.48. The van der Waals surface area contributed by atoms with Crippen molar-refractivity contribution < 1.29 is 17.6 Å². The van der Waals surface area contributed by atoms with E-state index in [0.29, 0.717) is 19.6 Å². The first-order chi connectivity index (χ1) is 13.6. The smallest absolute Gasteiger partial charge is 0.257 e. The molecule has 164 valence electrons. The average molecular weight is 428 g/mol. The minimum absolute atomic E-state index is 0.0311. The van der Waals surface area contributed by atoms with Gasteiger partial charge in [0.1, 0.15) is 5.82 Å². The van der Waals surface area contributed by atoms with Gasteiger partial charge in [-0.3, -0.25) is 4.79 Å². The fourth-order valence-corrected chi connectivity index (χ4v) is 5.28. The molecule has 2 rings (SSSR count). The quantitative estimate of drug-likeness (QED) is 0.640. The first-order valence-electron chi connectivity index (χ1n) is 10.4. The Morgan fingerprint density at radius 1 is 1.21 bits per heavy atom. The molecule has 0 aromatic heterocycles. The third-order valence-corrected chi connectivity index (χ3v) is 7.51. The number of piperidine rings is 1. The van der Waals surface area contributed by atoms with Crippen molar-refractivity contribution in [3.05, 3.63) is 29.6 Å². The molecule has 0 N–H and O–H groups in total. The van der Waals surface area contributed by atoms with Gasteiger partial charge in [0.25, 0.3) is 5.91 Å². The fourth-order valence-electron chi connectivity index (χ4n) is 3.79. The summed E-state index contributed by atoms with van der Waals surface area (Å²) >= 11 is 0. The predicted molar refractivity (Wildman–Crippen MR) is 113 cm³/mol. The number of sulfonamides is 1. The van der Waals surface area contributed by atoms with Gasteiger partial charge >= 0.3 is 0 Å². The molecule has 0 unspecified atom stereocenters. The summed E-state index contributed by atoms with van der Waals surface area (Å²) in [7, 11) is -1.72. The average Bonchev–Trinajstić information content (AvgIpc) is 2.67. The molecule has 0 radical (unpaired) electrons. The highest BCUT2D eigenvalue weighted by Crippen LogP contribution is 2.24. The number of rotatable bonds is 8. The predicted octanol–water partition coefficient (Wildman–Crippen LogP) is 3.05. The third kappa shape index (κ3) is 5.55. The first kappa shape index (κ1) is 23.8. The van der Waals surface area contributed by atoms with Gasteiger partial charge in [-0.05, 0) is 57.1 Å². The number of hydrogen-bond donors (Lipinski definition) is 0. The summed E-state index contributed by atoms with van der Waals surface area (Å²) < 4.78 is 41.6. The highest BCUT2D eigenvalue weighted by molar-refractivity contribution is 7.89. The van der Waals surface area contributed by atoms with Crippen LogP contribution in [0, 0.1) is 11.7 Å². The summed E-state index contributed by atoms with van der Waals surface area (Å²) in [4.78, 5) is 17.2. The molecule has 1 fully saturated rings. The lowest BCUT2D eigenvalue weighted by Gasteiger charge is -2.38. The maximum absolute atomic E-state index is 14.6. The van der Waals surface area contributed by atoms with E-state index in [1.54, 1.807) is 18.7 Å². The van der Waals surface area contributed by atoms with Gasteiger partial charge < -0.3 is 9.80 Å². The Kier molecular flexibility index (Phi) is 8.19. The van der Waals surface area contributed by atoms with Crippen LogP contribution in [0.4, 0.5) is 4.39 Å². The molecule has 1 aliphatic heterocycles. The van der Waals surface area contributed by atoms with Crippen molar-refractivity contribution in [2.45, 2.75) is 51.5 Å². The van der Waals surface area contributed by atoms with Crippen molar-refractivity contribution >= 4 is 15.9 Å². The zero-order chi connectivity index (χ0) is 21.8. The van der Waals surface area contributed by atoms with Crippen LogP contribution in [0.15, 0.2) is 23.1 Å². The second-order valence-corrected chi connectivity index (χ2v) is 10.1. The van der Waals surface area contributed by atoms with Crippen LogP contribution in [0.5, 0.6) is 0 Å². The monoisotopic (exact) mass is 427 g/mol. The fraction of sp³-hybridized carbons (Fsp3) is 0.667. The van der Waals surface area contributed by atoms with Crippen LogP contribution in [0.25, 0.3) is 0 Å². The molecule has 0 saturated carbocycles. The van der Waals surface area contributed by atoms with Gasteiger partial charge in [-0.15, -0.1) is 0 Å². The molecule has 0 bridgehead atoms. The van der Waals surface area contributed by atoms with Crippen LogP contribution < -0.4 is 0 Å². The molecule has 1 aliphatic rings. The number of amides is 1. The Labute approximate surface area is 174 Å². The Balaban J connectivity index is 2.40. The lowest BCUT2D eigenvalue weighted by molar-refractivity contribution is 0.0554. The molecule has 1 heterocycles. The lowest BCUT2D eigenvalue weighted by atomic mass is 10.0. The number of halogens is 1. The number of likely N-dealkylation sites (tertiary alicyclic amines) is 1. The maximum atomic E-state index is 14.6. The molecule has 0 atom stereocenters. The van der Waals surface area contributed by atoms with Crippen molar-refractivity contribution in [3.63, 3.8) is 0 Å². The van der Waals surface area contributed by atoms with E-state index in [9.17, 15) is 17.6 Å². The van der Waals surface area contributed by atoms with Crippen LogP contribution in [0.2, 0.25) is 0 Å². The highest BCUT2D eigenvalue weighted by atomic mass is 32.2. The van der Waals surface area contributed by atoms with Gasteiger partial charge in [-0.2, -0.15) is 4.31 Å². The van der Waals surface area contributed by atoms with Gasteiger partial charge in [0.05, 0.1) is 10.5 Å². The molecular weight excluding hydrogens is 393 g/mol. The summed E-state index contributed by atoms with van der Waals surface area (Å²) in [6, 6.07) is 3.56. The summed E-state index contributed by atoms with van der Waals surface area (Å²) in [5.74, 6) is -0.887. The number of carbonyl (C=O) groups is 1. The zero-order valence-corrected chi connectivity index (χ0v) is 19.0. The molecule has 6 nitrogen and oxygen atoms in total. The van der Waals surface area contributed by atoms with Gasteiger partial charge in [-0.1, -0.05) is 27.7 Å². The Bertz CT molecular complexity index is 801. The summed E-state index contributed by atoms with van der Waals surface area (Å²) in [6.07, 6.45) is 1.65. The molecule has 1 amide bonds. The normalized spacial score (nSPS) is 16.6. The molecule has 1 aromatic rings. The van der Waals surface area contributed by atoms with E-state index in [2.05, 4.69) is 4.90 Å². The van der Waals surface area contributed by atoms with E-state index in [1.165, 1.54) is 16.4 Å². The van der Waals surface area contributed by atoms with Crippen LogP contribution >= 0.6 is 0 Å². The highest BCUT2D eigenvalue weighted by Gasteiger charge is 2.31. The number of benzene rings is 1. The zero-order valence-electron chi connectivity index (χ0n) is 18.2. The van der Waals surface area contributed by atoms with E-state index in [1.807, 2.05) is 20.9 Å².